The van der Waals surface area contributed by atoms with E-state index in [1.54, 1.807) is 22.7 Å². The number of anilines is 1. The second-order valence-corrected chi connectivity index (χ2v) is 5.68. The molecule has 0 aliphatic rings. The molecule has 0 aliphatic carbocycles. The number of benzene rings is 1. The number of fused-ring (bicyclic) bond motifs is 1. The van der Waals surface area contributed by atoms with Gasteiger partial charge in [0.1, 0.15) is 5.01 Å². The molecule has 0 fully saturated rings. The molecule has 3 nitrogen and oxygen atoms in total. The van der Waals surface area contributed by atoms with Crippen LogP contribution in [0.15, 0.2) is 35.8 Å². The maximum absolute atomic E-state index is 4.55. The molecule has 0 radical (unpaired) electrons. The Labute approximate surface area is 107 Å². The van der Waals surface area contributed by atoms with E-state index in [1.807, 2.05) is 29.8 Å². The molecule has 3 rings (SSSR count). The molecule has 17 heavy (non-hydrogen) atoms. The maximum Gasteiger partial charge on any atom is 0.184 e. The number of hydrogen-bond acceptors (Lipinski definition) is 5. The zero-order valence-corrected chi connectivity index (χ0v) is 10.9. The Balaban J connectivity index is 1.85. The SMILES string of the molecule is CC(Nc1nc2ccccc2s1)c1nccs1. The first-order chi connectivity index (χ1) is 8.33. The highest BCUT2D eigenvalue weighted by Crippen LogP contribution is 2.28. The van der Waals surface area contributed by atoms with Crippen molar-refractivity contribution >= 4 is 38.0 Å². The Morgan fingerprint density at radius 2 is 2.18 bits per heavy atom. The van der Waals surface area contributed by atoms with Gasteiger partial charge in [0.15, 0.2) is 5.13 Å². The normalized spacial score (nSPS) is 12.8. The van der Waals surface area contributed by atoms with Crippen LogP contribution < -0.4 is 5.32 Å². The predicted molar refractivity (Wildman–Crippen MR) is 73.8 cm³/mol. The van der Waals surface area contributed by atoms with Crippen molar-refractivity contribution in [1.82, 2.24) is 9.97 Å². The van der Waals surface area contributed by atoms with Crippen LogP contribution in [0.3, 0.4) is 0 Å². The van der Waals surface area contributed by atoms with Gasteiger partial charge in [-0.15, -0.1) is 11.3 Å². The molecule has 5 heteroatoms. The van der Waals surface area contributed by atoms with Crippen molar-refractivity contribution in [3.63, 3.8) is 0 Å². The Kier molecular flexibility index (Phi) is 2.78. The predicted octanol–water partition coefficient (Wildman–Crippen LogP) is 3.93. The highest BCUT2D eigenvalue weighted by Gasteiger charge is 2.10. The first kappa shape index (κ1) is 10.7. The van der Waals surface area contributed by atoms with E-state index in [0.29, 0.717) is 0 Å². The van der Waals surface area contributed by atoms with Gasteiger partial charge in [0.2, 0.25) is 0 Å². The van der Waals surface area contributed by atoms with E-state index in [4.69, 9.17) is 0 Å². The average Bonchev–Trinajstić information content (AvgIpc) is 2.97. The third kappa shape index (κ3) is 2.16. The first-order valence-corrected chi connectivity index (χ1v) is 7.04. The molecule has 0 bridgehead atoms. The van der Waals surface area contributed by atoms with Crippen molar-refractivity contribution in [2.24, 2.45) is 0 Å². The number of nitrogens with one attached hydrogen (secondary N) is 1. The van der Waals surface area contributed by atoms with Crippen LogP contribution >= 0.6 is 22.7 Å². The molecular formula is C12H11N3S2. The number of hydrogen-bond donors (Lipinski definition) is 1. The third-order valence-corrected chi connectivity index (χ3v) is 4.38. The molecule has 0 saturated heterocycles. The number of thiazole rings is 2. The average molecular weight is 261 g/mol. The van der Waals surface area contributed by atoms with Gasteiger partial charge in [-0.25, -0.2) is 9.97 Å². The van der Waals surface area contributed by atoms with Gasteiger partial charge in [0, 0.05) is 11.6 Å². The van der Waals surface area contributed by atoms with Crippen LogP contribution in [-0.4, -0.2) is 9.97 Å². The zero-order chi connectivity index (χ0) is 11.7. The molecule has 2 heterocycles. The fraction of sp³-hybridized carbons (Fsp3) is 0.167. The molecule has 86 valence electrons. The zero-order valence-electron chi connectivity index (χ0n) is 9.25. The molecule has 1 unspecified atom stereocenters. The highest BCUT2D eigenvalue weighted by molar-refractivity contribution is 7.22. The highest BCUT2D eigenvalue weighted by atomic mass is 32.1. The molecule has 2 aromatic heterocycles. The van der Waals surface area contributed by atoms with Gasteiger partial charge in [-0.2, -0.15) is 0 Å². The molecular weight excluding hydrogens is 250 g/mol. The number of aromatic nitrogens is 2. The smallest absolute Gasteiger partial charge is 0.184 e. The van der Waals surface area contributed by atoms with E-state index in [2.05, 4.69) is 28.3 Å². The molecule has 0 saturated carbocycles. The van der Waals surface area contributed by atoms with Crippen molar-refractivity contribution in [3.05, 3.63) is 40.8 Å². The van der Waals surface area contributed by atoms with Crippen LogP contribution in [0.4, 0.5) is 5.13 Å². The summed E-state index contributed by atoms with van der Waals surface area (Å²) in [5.41, 5.74) is 1.05. The lowest BCUT2D eigenvalue weighted by Crippen LogP contribution is -2.05. The minimum Gasteiger partial charge on any atom is -0.353 e. The summed E-state index contributed by atoms with van der Waals surface area (Å²) in [5.74, 6) is 0. The fourth-order valence-corrected chi connectivity index (χ4v) is 3.23. The van der Waals surface area contributed by atoms with Crippen LogP contribution in [0.5, 0.6) is 0 Å². The van der Waals surface area contributed by atoms with Gasteiger partial charge in [-0.05, 0) is 19.1 Å². The van der Waals surface area contributed by atoms with Crippen LogP contribution in [0.25, 0.3) is 10.2 Å². The van der Waals surface area contributed by atoms with Gasteiger partial charge in [0.25, 0.3) is 0 Å². The monoisotopic (exact) mass is 261 g/mol. The second kappa shape index (κ2) is 4.43. The molecule has 3 aromatic rings. The lowest BCUT2D eigenvalue weighted by Gasteiger charge is -2.08. The second-order valence-electron chi connectivity index (χ2n) is 3.72. The standard InChI is InChI=1S/C12H11N3S2/c1-8(11-13-6-7-16-11)14-12-15-9-4-2-3-5-10(9)17-12/h2-8H,1H3,(H,14,15). The minimum atomic E-state index is 0.204. The quantitative estimate of drug-likeness (QED) is 0.776. The third-order valence-electron chi connectivity index (χ3n) is 2.46. The molecule has 1 N–H and O–H groups in total. The van der Waals surface area contributed by atoms with E-state index >= 15 is 0 Å². The molecule has 0 amide bonds. The Morgan fingerprint density at radius 1 is 1.29 bits per heavy atom. The van der Waals surface area contributed by atoms with E-state index in [9.17, 15) is 0 Å². The van der Waals surface area contributed by atoms with Crippen molar-refractivity contribution in [2.75, 3.05) is 5.32 Å². The molecule has 1 aromatic carbocycles. The fourth-order valence-electron chi connectivity index (χ4n) is 1.63. The number of nitrogens with zero attached hydrogens (tertiary/aromatic N) is 2. The largest absolute Gasteiger partial charge is 0.353 e. The van der Waals surface area contributed by atoms with Crippen molar-refractivity contribution in [2.45, 2.75) is 13.0 Å². The van der Waals surface area contributed by atoms with Crippen molar-refractivity contribution in [1.29, 1.82) is 0 Å². The summed E-state index contributed by atoms with van der Waals surface area (Å²) in [7, 11) is 0. The Bertz CT molecular complexity index is 583. The topological polar surface area (TPSA) is 37.8 Å². The summed E-state index contributed by atoms with van der Waals surface area (Å²) in [4.78, 5) is 8.85. The summed E-state index contributed by atoms with van der Waals surface area (Å²) in [6.45, 7) is 2.10. The summed E-state index contributed by atoms with van der Waals surface area (Å²) >= 11 is 3.34. The first-order valence-electron chi connectivity index (χ1n) is 5.34. The van der Waals surface area contributed by atoms with E-state index < -0.39 is 0 Å². The van der Waals surface area contributed by atoms with Crippen LogP contribution in [-0.2, 0) is 0 Å². The van der Waals surface area contributed by atoms with E-state index in [0.717, 1.165) is 15.7 Å². The number of para-hydroxylation sites is 1. The molecule has 0 aliphatic heterocycles. The van der Waals surface area contributed by atoms with Crippen LogP contribution in [0.2, 0.25) is 0 Å². The molecule has 1 atom stereocenters. The lowest BCUT2D eigenvalue weighted by molar-refractivity contribution is 0.868. The van der Waals surface area contributed by atoms with Crippen LogP contribution in [0.1, 0.15) is 18.0 Å². The van der Waals surface area contributed by atoms with Gasteiger partial charge in [0.05, 0.1) is 16.3 Å². The van der Waals surface area contributed by atoms with Gasteiger partial charge >= 0.3 is 0 Å². The summed E-state index contributed by atoms with van der Waals surface area (Å²) in [5, 5.41) is 7.42. The van der Waals surface area contributed by atoms with E-state index in [1.165, 1.54) is 4.70 Å². The summed E-state index contributed by atoms with van der Waals surface area (Å²) in [6, 6.07) is 8.37. The maximum atomic E-state index is 4.55. The Morgan fingerprint density at radius 3 is 2.94 bits per heavy atom. The minimum absolute atomic E-state index is 0.204. The molecule has 0 spiro atoms. The number of rotatable bonds is 3. The van der Waals surface area contributed by atoms with Crippen LogP contribution in [0, 0.1) is 0 Å². The van der Waals surface area contributed by atoms with Gasteiger partial charge in [-0.3, -0.25) is 0 Å². The van der Waals surface area contributed by atoms with Gasteiger partial charge < -0.3 is 5.32 Å². The van der Waals surface area contributed by atoms with E-state index in [-0.39, 0.29) is 6.04 Å². The lowest BCUT2D eigenvalue weighted by atomic mass is 10.3. The summed E-state index contributed by atoms with van der Waals surface area (Å²) in [6.07, 6.45) is 1.83. The van der Waals surface area contributed by atoms with Crippen molar-refractivity contribution in [3.8, 4) is 0 Å². The van der Waals surface area contributed by atoms with Gasteiger partial charge in [-0.1, -0.05) is 23.5 Å². The Hall–Kier alpha value is -1.46. The van der Waals surface area contributed by atoms with Crippen molar-refractivity contribution < 1.29 is 0 Å². The summed E-state index contributed by atoms with van der Waals surface area (Å²) < 4.78 is 1.21.